The van der Waals surface area contributed by atoms with Crippen molar-refractivity contribution < 1.29 is 30.9 Å². The first-order valence-electron chi connectivity index (χ1n) is 13.3. The minimum Gasteiger partial charge on any atom is -0.344 e. The third-order valence-electron chi connectivity index (χ3n) is 6.72. The Balaban J connectivity index is 1.41. The molecule has 0 fully saturated rings. The van der Waals surface area contributed by atoms with Crippen LogP contribution in [0.15, 0.2) is 104 Å². The van der Waals surface area contributed by atoms with E-state index in [2.05, 4.69) is 25.2 Å². The van der Waals surface area contributed by atoms with Crippen LogP contribution in [0.5, 0.6) is 0 Å². The summed E-state index contributed by atoms with van der Waals surface area (Å²) in [6.07, 6.45) is -0.144. The van der Waals surface area contributed by atoms with Gasteiger partial charge in [-0.1, -0.05) is 72.7 Å². The highest BCUT2D eigenvalue weighted by Crippen LogP contribution is 2.24. The third kappa shape index (κ3) is 6.54. The number of nitrogens with zero attached hydrogens (tertiary/aromatic N) is 3. The molecule has 1 aliphatic rings. The molecule has 4 aromatic rings. The number of rotatable bonds is 11. The predicted molar refractivity (Wildman–Crippen MR) is 156 cm³/mol. The highest BCUT2D eigenvalue weighted by Gasteiger charge is 2.34. The SMILES string of the molecule is CC[C@@H](NC(=O)[C@H](CCS(=O)(=O)c1ccccc1)N=C1NS(=O)(=O)c2ccccc21)C(=O)c1nc(-c2ccccc2)no1. The van der Waals surface area contributed by atoms with Crippen molar-refractivity contribution >= 4 is 37.4 Å². The Bertz CT molecular complexity index is 1890. The molecule has 1 aromatic heterocycles. The lowest BCUT2D eigenvalue weighted by Gasteiger charge is -2.18. The van der Waals surface area contributed by atoms with E-state index in [0.29, 0.717) is 5.56 Å². The number of sulfone groups is 1. The van der Waals surface area contributed by atoms with E-state index in [1.54, 1.807) is 61.5 Å². The first kappa shape index (κ1) is 29.8. The Morgan fingerprint density at radius 2 is 1.63 bits per heavy atom. The summed E-state index contributed by atoms with van der Waals surface area (Å²) in [6, 6.07) is 20.2. The Morgan fingerprint density at radius 3 is 2.33 bits per heavy atom. The van der Waals surface area contributed by atoms with E-state index in [-0.39, 0.29) is 45.7 Å². The molecule has 1 aliphatic heterocycles. The number of Topliss-reactive ketones (excluding diaryl/α,β-unsaturated/α-hetero) is 1. The van der Waals surface area contributed by atoms with Crippen molar-refractivity contribution in [3.05, 3.63) is 96.4 Å². The number of aromatic nitrogens is 2. The summed E-state index contributed by atoms with van der Waals surface area (Å²) in [4.78, 5) is 35.4. The van der Waals surface area contributed by atoms with Crippen LogP contribution in [-0.2, 0) is 24.7 Å². The molecule has 0 bridgehead atoms. The predicted octanol–water partition coefficient (Wildman–Crippen LogP) is 2.79. The highest BCUT2D eigenvalue weighted by molar-refractivity contribution is 7.91. The molecular weight excluding hydrogens is 594 g/mol. The van der Waals surface area contributed by atoms with Gasteiger partial charge in [-0.15, -0.1) is 0 Å². The molecule has 14 heteroatoms. The summed E-state index contributed by atoms with van der Waals surface area (Å²) in [5, 5.41) is 6.47. The number of carbonyl (C=O) groups excluding carboxylic acids is 2. The van der Waals surface area contributed by atoms with Gasteiger partial charge in [-0.25, -0.2) is 16.8 Å². The maximum absolute atomic E-state index is 13.6. The number of fused-ring (bicyclic) bond motifs is 1. The number of ketones is 1. The monoisotopic (exact) mass is 621 g/mol. The van der Waals surface area contributed by atoms with Crippen LogP contribution < -0.4 is 10.0 Å². The fraction of sp³-hybridized carbons (Fsp3) is 0.207. The molecule has 43 heavy (non-hydrogen) atoms. The topological polar surface area (TPSA) is 178 Å². The maximum Gasteiger partial charge on any atom is 0.296 e. The number of hydrogen-bond donors (Lipinski definition) is 2. The summed E-state index contributed by atoms with van der Waals surface area (Å²) in [6.45, 7) is 1.67. The second-order valence-electron chi connectivity index (χ2n) is 9.64. The molecule has 2 atom stereocenters. The lowest BCUT2D eigenvalue weighted by atomic mass is 10.1. The molecule has 2 heterocycles. The van der Waals surface area contributed by atoms with Gasteiger partial charge in [-0.3, -0.25) is 19.3 Å². The number of benzene rings is 3. The standard InChI is InChI=1S/C29H27N5O7S2/c1-2-22(25(35)29-32-26(33-41-29)19-11-5-3-6-12-19)31-28(36)23(17-18-42(37,38)20-13-7-4-8-14-20)30-27-21-15-9-10-16-24(21)43(39,40)34-27/h3-16,22-23H,2,17-18H2,1H3,(H,30,34)(H,31,36)/t22-,23+/m1/s1. The molecular formula is C29H27N5O7S2. The highest BCUT2D eigenvalue weighted by atomic mass is 32.2. The van der Waals surface area contributed by atoms with Gasteiger partial charge in [-0.05, 0) is 37.1 Å². The average molecular weight is 622 g/mol. The van der Waals surface area contributed by atoms with Crippen molar-refractivity contribution in [2.24, 2.45) is 4.99 Å². The molecule has 12 nitrogen and oxygen atoms in total. The van der Waals surface area contributed by atoms with Crippen LogP contribution in [0.4, 0.5) is 0 Å². The largest absolute Gasteiger partial charge is 0.344 e. The van der Waals surface area contributed by atoms with Crippen LogP contribution >= 0.6 is 0 Å². The molecule has 1 amide bonds. The molecule has 222 valence electrons. The van der Waals surface area contributed by atoms with Crippen molar-refractivity contribution in [3.8, 4) is 11.4 Å². The van der Waals surface area contributed by atoms with E-state index >= 15 is 0 Å². The minimum atomic E-state index is -3.92. The summed E-state index contributed by atoms with van der Waals surface area (Å²) in [7, 11) is -7.73. The molecule has 5 rings (SSSR count). The summed E-state index contributed by atoms with van der Waals surface area (Å²) in [5.41, 5.74) is 0.880. The van der Waals surface area contributed by atoms with Gasteiger partial charge >= 0.3 is 0 Å². The van der Waals surface area contributed by atoms with Crippen LogP contribution in [0.25, 0.3) is 11.4 Å². The summed E-state index contributed by atoms with van der Waals surface area (Å²) < 4.78 is 58.8. The van der Waals surface area contributed by atoms with Crippen LogP contribution in [-0.4, -0.2) is 62.3 Å². The first-order valence-corrected chi connectivity index (χ1v) is 16.4. The van der Waals surface area contributed by atoms with Crippen LogP contribution in [0.1, 0.15) is 36.0 Å². The van der Waals surface area contributed by atoms with Gasteiger partial charge in [-0.2, -0.15) is 4.98 Å². The number of aliphatic imine (C=N–C) groups is 1. The average Bonchev–Trinajstić information content (AvgIpc) is 3.61. The minimum absolute atomic E-state index is 0.0166. The molecule has 3 aromatic carbocycles. The Hall–Kier alpha value is -4.69. The van der Waals surface area contributed by atoms with Gasteiger partial charge in [0.05, 0.1) is 21.6 Å². The zero-order chi connectivity index (χ0) is 30.6. The zero-order valence-electron chi connectivity index (χ0n) is 22.9. The molecule has 0 aliphatic carbocycles. The number of sulfonamides is 1. The van der Waals surface area contributed by atoms with E-state index < -0.39 is 49.4 Å². The van der Waals surface area contributed by atoms with Crippen molar-refractivity contribution in [3.63, 3.8) is 0 Å². The first-order chi connectivity index (χ1) is 20.6. The van der Waals surface area contributed by atoms with E-state index in [9.17, 15) is 26.4 Å². The van der Waals surface area contributed by atoms with Gasteiger partial charge in [0, 0.05) is 11.1 Å². The van der Waals surface area contributed by atoms with Gasteiger partial charge in [0.15, 0.2) is 9.84 Å². The smallest absolute Gasteiger partial charge is 0.296 e. The fourth-order valence-electron chi connectivity index (χ4n) is 4.45. The quantitative estimate of drug-likeness (QED) is 0.238. The van der Waals surface area contributed by atoms with E-state index in [0.717, 1.165) is 0 Å². The molecule has 0 spiro atoms. The number of carbonyl (C=O) groups is 2. The molecule has 0 radical (unpaired) electrons. The van der Waals surface area contributed by atoms with Crippen LogP contribution in [0.3, 0.4) is 0 Å². The number of amides is 1. The van der Waals surface area contributed by atoms with Crippen LogP contribution in [0, 0.1) is 0 Å². The number of amidine groups is 1. The number of nitrogens with one attached hydrogen (secondary N) is 2. The maximum atomic E-state index is 13.6. The van der Waals surface area contributed by atoms with Gasteiger partial charge in [0.1, 0.15) is 11.9 Å². The normalized spacial score (nSPS) is 16.2. The van der Waals surface area contributed by atoms with Gasteiger partial charge < -0.3 is 9.84 Å². The Labute approximate surface area is 248 Å². The Morgan fingerprint density at radius 1 is 0.977 bits per heavy atom. The van der Waals surface area contributed by atoms with Crippen molar-refractivity contribution in [1.82, 2.24) is 20.2 Å². The molecule has 2 N–H and O–H groups in total. The summed E-state index contributed by atoms with van der Waals surface area (Å²) >= 11 is 0. The lowest BCUT2D eigenvalue weighted by Crippen LogP contribution is -2.45. The molecule has 0 unspecified atom stereocenters. The van der Waals surface area contributed by atoms with Gasteiger partial charge in [0.25, 0.3) is 15.9 Å². The second-order valence-corrected chi connectivity index (χ2v) is 13.4. The van der Waals surface area contributed by atoms with Crippen molar-refractivity contribution in [2.75, 3.05) is 5.75 Å². The van der Waals surface area contributed by atoms with Crippen molar-refractivity contribution in [1.29, 1.82) is 0 Å². The van der Waals surface area contributed by atoms with E-state index in [4.69, 9.17) is 4.52 Å². The third-order valence-corrected chi connectivity index (χ3v) is 9.88. The number of hydrogen-bond acceptors (Lipinski definition) is 10. The summed E-state index contributed by atoms with van der Waals surface area (Å²) in [5.74, 6) is -2.08. The van der Waals surface area contributed by atoms with Crippen LogP contribution in [0.2, 0.25) is 0 Å². The second kappa shape index (κ2) is 12.3. The van der Waals surface area contributed by atoms with Gasteiger partial charge in [0.2, 0.25) is 17.5 Å². The van der Waals surface area contributed by atoms with Crippen molar-refractivity contribution in [2.45, 2.75) is 41.6 Å². The van der Waals surface area contributed by atoms with E-state index in [1.165, 1.54) is 24.3 Å². The molecule has 0 saturated heterocycles. The fourth-order valence-corrected chi connectivity index (χ4v) is 7.03. The molecule has 0 saturated carbocycles. The lowest BCUT2D eigenvalue weighted by molar-refractivity contribution is -0.122. The Kier molecular flexibility index (Phi) is 8.50. The van der Waals surface area contributed by atoms with E-state index in [1.807, 2.05) is 6.07 Å². The zero-order valence-corrected chi connectivity index (χ0v) is 24.5.